The minimum Gasteiger partial charge on any atom is -0.337 e. The number of hydrogen-bond acceptors (Lipinski definition) is 5. The van der Waals surface area contributed by atoms with E-state index in [0.29, 0.717) is 44.0 Å². The molecular formula is C23H29N3O4S2. The normalized spacial score (nSPS) is 18.8. The van der Waals surface area contributed by atoms with Gasteiger partial charge in [-0.15, -0.1) is 11.3 Å². The van der Waals surface area contributed by atoms with E-state index in [1.54, 1.807) is 28.0 Å². The highest BCUT2D eigenvalue weighted by Gasteiger charge is 2.35. The van der Waals surface area contributed by atoms with Crippen LogP contribution in [0.25, 0.3) is 0 Å². The molecule has 1 fully saturated rings. The lowest BCUT2D eigenvalue weighted by Crippen LogP contribution is -2.46. The standard InChI is InChI=1S/C23H29N3O4S2/c1-3-25(4-2)32(29,30)19-9-10-20-17(15-19)11-13-26(20)22(27)18-7-5-12-24(16-18)23(28)21-8-6-14-31-21/h6,8-10,14-15,18H,3-5,7,11-13,16H2,1-2H3. The van der Waals surface area contributed by atoms with Gasteiger partial charge in [-0.3, -0.25) is 9.59 Å². The van der Waals surface area contributed by atoms with E-state index in [2.05, 4.69) is 0 Å². The van der Waals surface area contributed by atoms with Crippen molar-refractivity contribution in [1.82, 2.24) is 9.21 Å². The molecule has 1 atom stereocenters. The number of benzene rings is 1. The third-order valence-electron chi connectivity index (χ3n) is 6.35. The largest absolute Gasteiger partial charge is 0.337 e. The lowest BCUT2D eigenvalue weighted by Gasteiger charge is -2.34. The number of hydrogen-bond donors (Lipinski definition) is 0. The number of rotatable bonds is 6. The first-order chi connectivity index (χ1) is 15.4. The van der Waals surface area contributed by atoms with E-state index in [0.717, 1.165) is 24.1 Å². The summed E-state index contributed by atoms with van der Waals surface area (Å²) in [5.41, 5.74) is 1.67. The highest BCUT2D eigenvalue weighted by molar-refractivity contribution is 7.89. The van der Waals surface area contributed by atoms with Crippen molar-refractivity contribution in [2.75, 3.05) is 37.6 Å². The molecule has 0 saturated carbocycles. The van der Waals surface area contributed by atoms with Crippen molar-refractivity contribution in [1.29, 1.82) is 0 Å². The van der Waals surface area contributed by atoms with Gasteiger partial charge >= 0.3 is 0 Å². The molecule has 7 nitrogen and oxygen atoms in total. The SMILES string of the molecule is CCN(CC)S(=O)(=O)c1ccc2c(c1)CCN2C(=O)C1CCCN(C(=O)c2cccs2)C1. The van der Waals surface area contributed by atoms with E-state index in [9.17, 15) is 18.0 Å². The fourth-order valence-corrected chi connectivity index (χ4v) is 6.82. The number of sulfonamides is 1. The lowest BCUT2D eigenvalue weighted by atomic mass is 9.96. The zero-order chi connectivity index (χ0) is 22.9. The van der Waals surface area contributed by atoms with Crippen LogP contribution >= 0.6 is 11.3 Å². The summed E-state index contributed by atoms with van der Waals surface area (Å²) in [6, 6.07) is 8.75. The molecule has 1 unspecified atom stereocenters. The molecule has 2 aliphatic rings. The molecule has 0 radical (unpaired) electrons. The summed E-state index contributed by atoms with van der Waals surface area (Å²) >= 11 is 1.42. The van der Waals surface area contributed by atoms with E-state index >= 15 is 0 Å². The molecule has 0 aliphatic carbocycles. The van der Waals surface area contributed by atoms with E-state index in [1.165, 1.54) is 15.6 Å². The maximum absolute atomic E-state index is 13.4. The minimum atomic E-state index is -3.53. The fourth-order valence-electron chi connectivity index (χ4n) is 4.62. The summed E-state index contributed by atoms with van der Waals surface area (Å²) in [4.78, 5) is 30.6. The first-order valence-corrected chi connectivity index (χ1v) is 13.5. The molecule has 2 aromatic rings. The Labute approximate surface area is 193 Å². The first kappa shape index (κ1) is 22.9. The number of fused-ring (bicyclic) bond motifs is 1. The van der Waals surface area contributed by atoms with Crippen molar-refractivity contribution in [2.45, 2.75) is 38.0 Å². The van der Waals surface area contributed by atoms with Gasteiger partial charge in [0.1, 0.15) is 0 Å². The van der Waals surface area contributed by atoms with Crippen LogP contribution in [0.1, 0.15) is 41.9 Å². The Morgan fingerprint density at radius 3 is 2.62 bits per heavy atom. The molecule has 172 valence electrons. The molecule has 0 N–H and O–H groups in total. The maximum atomic E-state index is 13.4. The molecular weight excluding hydrogens is 446 g/mol. The number of likely N-dealkylation sites (tertiary alicyclic amines) is 1. The number of thiophene rings is 1. The van der Waals surface area contributed by atoms with Crippen molar-refractivity contribution in [2.24, 2.45) is 5.92 Å². The topological polar surface area (TPSA) is 78.0 Å². The molecule has 2 amide bonds. The summed E-state index contributed by atoms with van der Waals surface area (Å²) < 4.78 is 27.2. The van der Waals surface area contributed by atoms with Crippen molar-refractivity contribution < 1.29 is 18.0 Å². The molecule has 1 aromatic carbocycles. The van der Waals surface area contributed by atoms with Gasteiger partial charge in [-0.1, -0.05) is 19.9 Å². The van der Waals surface area contributed by atoms with Crippen LogP contribution < -0.4 is 4.90 Å². The van der Waals surface area contributed by atoms with Crippen LogP contribution in [0, 0.1) is 5.92 Å². The Morgan fingerprint density at radius 2 is 1.94 bits per heavy atom. The van der Waals surface area contributed by atoms with Gasteiger partial charge in [0.25, 0.3) is 5.91 Å². The minimum absolute atomic E-state index is 0.00873. The number of anilines is 1. The smallest absolute Gasteiger partial charge is 0.263 e. The predicted octanol–water partition coefficient (Wildman–Crippen LogP) is 3.22. The molecule has 3 heterocycles. The Kier molecular flexibility index (Phi) is 6.69. The summed E-state index contributed by atoms with van der Waals surface area (Å²) in [7, 11) is -3.53. The van der Waals surface area contributed by atoms with Gasteiger partial charge in [0.15, 0.2) is 0 Å². The number of carbonyl (C=O) groups is 2. The van der Waals surface area contributed by atoms with Crippen molar-refractivity contribution in [3.8, 4) is 0 Å². The molecule has 1 aromatic heterocycles. The molecule has 2 aliphatic heterocycles. The van der Waals surface area contributed by atoms with Gasteiger partial charge in [0.05, 0.1) is 15.7 Å². The van der Waals surface area contributed by atoms with Gasteiger partial charge in [-0.2, -0.15) is 4.31 Å². The Balaban J connectivity index is 1.50. The second-order valence-corrected chi connectivity index (χ2v) is 11.1. The molecule has 32 heavy (non-hydrogen) atoms. The molecule has 0 spiro atoms. The lowest BCUT2D eigenvalue weighted by molar-refractivity contribution is -0.123. The fraction of sp³-hybridized carbons (Fsp3) is 0.478. The van der Waals surface area contributed by atoms with Gasteiger partial charge in [-0.05, 0) is 54.5 Å². The zero-order valence-corrected chi connectivity index (χ0v) is 20.1. The molecule has 0 bridgehead atoms. The van der Waals surface area contributed by atoms with Gasteiger partial charge < -0.3 is 9.80 Å². The van der Waals surface area contributed by atoms with Crippen molar-refractivity contribution in [3.05, 3.63) is 46.2 Å². The Hall–Kier alpha value is -2.23. The Morgan fingerprint density at radius 1 is 1.16 bits per heavy atom. The quantitative estimate of drug-likeness (QED) is 0.643. The number of amides is 2. The number of nitrogens with zero attached hydrogens (tertiary/aromatic N) is 3. The van der Waals surface area contributed by atoms with Crippen LogP contribution in [-0.2, 0) is 21.2 Å². The summed E-state index contributed by atoms with van der Waals surface area (Å²) in [6.45, 7) is 6.13. The van der Waals surface area contributed by atoms with Crippen LogP contribution in [0.4, 0.5) is 5.69 Å². The number of carbonyl (C=O) groups excluding carboxylic acids is 2. The highest BCUT2D eigenvalue weighted by atomic mass is 32.2. The van der Waals surface area contributed by atoms with E-state index < -0.39 is 10.0 Å². The van der Waals surface area contributed by atoms with E-state index in [1.807, 2.05) is 31.4 Å². The van der Waals surface area contributed by atoms with Gasteiger partial charge in [-0.25, -0.2) is 8.42 Å². The molecule has 1 saturated heterocycles. The second kappa shape index (κ2) is 9.33. The zero-order valence-electron chi connectivity index (χ0n) is 18.5. The summed E-state index contributed by atoms with van der Waals surface area (Å²) in [5, 5.41) is 1.88. The number of piperidine rings is 1. The van der Waals surface area contributed by atoms with Crippen molar-refractivity contribution in [3.63, 3.8) is 0 Å². The second-order valence-electron chi connectivity index (χ2n) is 8.19. The highest BCUT2D eigenvalue weighted by Crippen LogP contribution is 2.33. The van der Waals surface area contributed by atoms with Gasteiger partial charge in [0.2, 0.25) is 15.9 Å². The van der Waals surface area contributed by atoms with Crippen molar-refractivity contribution >= 4 is 38.9 Å². The Bertz CT molecular complexity index is 1090. The van der Waals surface area contributed by atoms with E-state index in [4.69, 9.17) is 0 Å². The van der Waals surface area contributed by atoms with Gasteiger partial charge in [0, 0.05) is 38.4 Å². The first-order valence-electron chi connectivity index (χ1n) is 11.1. The average Bonchev–Trinajstić information content (AvgIpc) is 3.48. The van der Waals surface area contributed by atoms with Crippen LogP contribution in [0.3, 0.4) is 0 Å². The molecule has 4 rings (SSSR count). The predicted molar refractivity (Wildman–Crippen MR) is 126 cm³/mol. The van der Waals surface area contributed by atoms with Crippen LogP contribution in [0.5, 0.6) is 0 Å². The maximum Gasteiger partial charge on any atom is 0.263 e. The van der Waals surface area contributed by atoms with Crippen LogP contribution in [0.15, 0.2) is 40.6 Å². The van der Waals surface area contributed by atoms with Crippen LogP contribution in [0.2, 0.25) is 0 Å². The third kappa shape index (κ3) is 4.21. The monoisotopic (exact) mass is 475 g/mol. The van der Waals surface area contributed by atoms with E-state index in [-0.39, 0.29) is 22.6 Å². The molecule has 9 heteroatoms. The average molecular weight is 476 g/mol. The third-order valence-corrected chi connectivity index (χ3v) is 9.25. The summed E-state index contributed by atoms with van der Waals surface area (Å²) in [5.74, 6) is -0.227. The summed E-state index contributed by atoms with van der Waals surface area (Å²) in [6.07, 6.45) is 2.19. The van der Waals surface area contributed by atoms with Crippen LogP contribution in [-0.4, -0.2) is 62.2 Å².